The lowest BCUT2D eigenvalue weighted by molar-refractivity contribution is -0.305. The van der Waals surface area contributed by atoms with E-state index in [1.807, 2.05) is 37.3 Å². The summed E-state index contributed by atoms with van der Waals surface area (Å²) >= 11 is 0. The van der Waals surface area contributed by atoms with Gasteiger partial charge in [0.2, 0.25) is 5.91 Å². The Morgan fingerprint density at radius 1 is 1.24 bits per heavy atom. The van der Waals surface area contributed by atoms with Crippen molar-refractivity contribution in [2.45, 2.75) is 38.6 Å². The van der Waals surface area contributed by atoms with Gasteiger partial charge < -0.3 is 14.3 Å². The predicted octanol–water partition coefficient (Wildman–Crippen LogP) is 2.19. The van der Waals surface area contributed by atoms with E-state index in [1.165, 1.54) is 5.01 Å². The SMILES string of the molecule is Cc1ccc(C2=NN(C(=O)CCCC(=O)[O-])[C@@H](c3ccco3)C2)cc1. The summed E-state index contributed by atoms with van der Waals surface area (Å²) < 4.78 is 5.47. The second kappa shape index (κ2) is 7.34. The molecule has 6 heteroatoms. The third kappa shape index (κ3) is 3.96. The fraction of sp³-hybridized carbons (Fsp3) is 0.316. The van der Waals surface area contributed by atoms with E-state index in [2.05, 4.69) is 5.10 Å². The van der Waals surface area contributed by atoms with Gasteiger partial charge in [-0.3, -0.25) is 4.79 Å². The standard InChI is InChI=1S/C19H20N2O4/c1-13-7-9-14(10-8-13)15-12-16(17-4-3-11-25-17)21(20-15)18(22)5-2-6-19(23)24/h3-4,7-11,16H,2,5-6,12H2,1H3,(H,23,24)/p-1/t16-/m1/s1. The molecule has 0 spiro atoms. The van der Waals surface area contributed by atoms with Crippen molar-refractivity contribution in [3.63, 3.8) is 0 Å². The lowest BCUT2D eigenvalue weighted by Gasteiger charge is -2.19. The maximum atomic E-state index is 12.5. The molecule has 0 unspecified atom stereocenters. The van der Waals surface area contributed by atoms with E-state index < -0.39 is 5.97 Å². The van der Waals surface area contributed by atoms with Crippen molar-refractivity contribution in [1.82, 2.24) is 5.01 Å². The van der Waals surface area contributed by atoms with E-state index in [1.54, 1.807) is 12.3 Å². The van der Waals surface area contributed by atoms with Crippen molar-refractivity contribution >= 4 is 17.6 Å². The number of carboxylic acids is 1. The largest absolute Gasteiger partial charge is 0.550 e. The lowest BCUT2D eigenvalue weighted by Crippen LogP contribution is -2.27. The fourth-order valence-electron chi connectivity index (χ4n) is 2.86. The van der Waals surface area contributed by atoms with E-state index in [4.69, 9.17) is 4.42 Å². The van der Waals surface area contributed by atoms with Gasteiger partial charge in [0, 0.05) is 18.8 Å². The minimum absolute atomic E-state index is 0.107. The van der Waals surface area contributed by atoms with E-state index in [9.17, 15) is 14.7 Å². The van der Waals surface area contributed by atoms with Crippen LogP contribution in [0.1, 0.15) is 48.6 Å². The Hall–Kier alpha value is -2.89. The van der Waals surface area contributed by atoms with Gasteiger partial charge in [0.25, 0.3) is 0 Å². The average molecular weight is 339 g/mol. The van der Waals surface area contributed by atoms with Crippen molar-refractivity contribution in [3.05, 3.63) is 59.5 Å². The van der Waals surface area contributed by atoms with Gasteiger partial charge in [-0.25, -0.2) is 5.01 Å². The zero-order valence-electron chi connectivity index (χ0n) is 14.0. The molecule has 1 aromatic heterocycles. The van der Waals surface area contributed by atoms with Crippen LogP contribution in [0.15, 0.2) is 52.2 Å². The number of aliphatic carboxylic acids is 1. The molecule has 0 saturated carbocycles. The molecular weight excluding hydrogens is 320 g/mol. The van der Waals surface area contributed by atoms with Gasteiger partial charge in [0.1, 0.15) is 11.8 Å². The second-order valence-electron chi connectivity index (χ2n) is 6.11. The lowest BCUT2D eigenvalue weighted by atomic mass is 10.0. The van der Waals surface area contributed by atoms with Crippen LogP contribution in [0, 0.1) is 6.92 Å². The molecule has 1 amide bonds. The molecule has 25 heavy (non-hydrogen) atoms. The van der Waals surface area contributed by atoms with Gasteiger partial charge in [-0.1, -0.05) is 29.8 Å². The predicted molar refractivity (Wildman–Crippen MR) is 89.5 cm³/mol. The minimum atomic E-state index is -1.15. The summed E-state index contributed by atoms with van der Waals surface area (Å²) in [7, 11) is 0. The molecule has 1 aliphatic rings. The highest BCUT2D eigenvalue weighted by atomic mass is 16.4. The third-order valence-electron chi connectivity index (χ3n) is 4.19. The third-order valence-corrected chi connectivity index (χ3v) is 4.19. The molecule has 0 saturated heterocycles. The van der Waals surface area contributed by atoms with Crippen LogP contribution in [0.25, 0.3) is 0 Å². The molecule has 0 bridgehead atoms. The number of aryl methyl sites for hydroxylation is 1. The van der Waals surface area contributed by atoms with E-state index in [0.717, 1.165) is 16.8 Å². The molecule has 1 atom stereocenters. The topological polar surface area (TPSA) is 85.9 Å². The molecule has 2 heterocycles. The first-order chi connectivity index (χ1) is 12.0. The van der Waals surface area contributed by atoms with Crippen LogP contribution in [0.2, 0.25) is 0 Å². The number of carbonyl (C=O) groups is 2. The van der Waals surface area contributed by atoms with Crippen LogP contribution in [-0.2, 0) is 9.59 Å². The van der Waals surface area contributed by atoms with Gasteiger partial charge >= 0.3 is 0 Å². The second-order valence-corrected chi connectivity index (χ2v) is 6.11. The van der Waals surface area contributed by atoms with E-state index in [0.29, 0.717) is 12.2 Å². The number of hydrazone groups is 1. The summed E-state index contributed by atoms with van der Waals surface area (Å²) in [6.45, 7) is 2.01. The van der Waals surface area contributed by atoms with Crippen molar-refractivity contribution in [2.24, 2.45) is 5.10 Å². The summed E-state index contributed by atoms with van der Waals surface area (Å²) in [6, 6.07) is 11.3. The summed E-state index contributed by atoms with van der Waals surface area (Å²) in [5, 5.41) is 16.5. The monoisotopic (exact) mass is 339 g/mol. The molecule has 0 N–H and O–H groups in total. The van der Waals surface area contributed by atoms with Crippen LogP contribution in [0.4, 0.5) is 0 Å². The Balaban J connectivity index is 1.80. The van der Waals surface area contributed by atoms with Gasteiger partial charge in [-0.15, -0.1) is 0 Å². The Morgan fingerprint density at radius 3 is 2.64 bits per heavy atom. The van der Waals surface area contributed by atoms with E-state index >= 15 is 0 Å². The molecule has 6 nitrogen and oxygen atoms in total. The molecule has 1 aromatic carbocycles. The maximum absolute atomic E-state index is 12.5. The first-order valence-electron chi connectivity index (χ1n) is 8.24. The highest BCUT2D eigenvalue weighted by Gasteiger charge is 2.34. The summed E-state index contributed by atoms with van der Waals surface area (Å²) in [5.41, 5.74) is 2.93. The quantitative estimate of drug-likeness (QED) is 0.807. The minimum Gasteiger partial charge on any atom is -0.550 e. The molecule has 130 valence electrons. The number of hydrogen-bond acceptors (Lipinski definition) is 5. The van der Waals surface area contributed by atoms with Gasteiger partial charge in [0.15, 0.2) is 0 Å². The Morgan fingerprint density at radius 2 is 2.00 bits per heavy atom. The molecule has 0 aliphatic carbocycles. The number of amides is 1. The number of carbonyl (C=O) groups excluding carboxylic acids is 2. The number of hydrogen-bond donors (Lipinski definition) is 0. The first kappa shape index (κ1) is 17.0. The highest BCUT2D eigenvalue weighted by Crippen LogP contribution is 2.33. The van der Waals surface area contributed by atoms with Gasteiger partial charge in [-0.05, 0) is 37.5 Å². The Bertz CT molecular complexity index is 778. The highest BCUT2D eigenvalue weighted by molar-refractivity contribution is 6.03. The van der Waals surface area contributed by atoms with Gasteiger partial charge in [0.05, 0.1) is 12.0 Å². The fourth-order valence-corrected chi connectivity index (χ4v) is 2.86. The van der Waals surface area contributed by atoms with Crippen LogP contribution in [-0.4, -0.2) is 22.6 Å². The van der Waals surface area contributed by atoms with Gasteiger partial charge in [-0.2, -0.15) is 5.10 Å². The van der Waals surface area contributed by atoms with E-state index in [-0.39, 0.29) is 31.2 Å². The van der Waals surface area contributed by atoms with Crippen LogP contribution >= 0.6 is 0 Å². The average Bonchev–Trinajstić information content (AvgIpc) is 3.24. The van der Waals surface area contributed by atoms with Crippen molar-refractivity contribution in [3.8, 4) is 0 Å². The number of benzene rings is 1. The van der Waals surface area contributed by atoms with Crippen molar-refractivity contribution in [2.75, 3.05) is 0 Å². The number of carboxylic acid groups (broad SMARTS) is 1. The van der Waals surface area contributed by atoms with Crippen molar-refractivity contribution in [1.29, 1.82) is 0 Å². The molecule has 2 aromatic rings. The van der Waals surface area contributed by atoms with Crippen LogP contribution in [0.5, 0.6) is 0 Å². The summed E-state index contributed by atoms with van der Waals surface area (Å²) in [5.74, 6) is -0.704. The molecule has 3 rings (SSSR count). The molecule has 0 fully saturated rings. The Labute approximate surface area is 145 Å². The normalized spacial score (nSPS) is 16.8. The van der Waals surface area contributed by atoms with Crippen molar-refractivity contribution < 1.29 is 19.1 Å². The van der Waals surface area contributed by atoms with Crippen LogP contribution in [0.3, 0.4) is 0 Å². The molecule has 0 radical (unpaired) electrons. The number of nitrogens with zero attached hydrogens (tertiary/aromatic N) is 2. The zero-order valence-corrected chi connectivity index (χ0v) is 14.0. The van der Waals surface area contributed by atoms with Crippen LogP contribution < -0.4 is 5.11 Å². The number of rotatable bonds is 6. The summed E-state index contributed by atoms with van der Waals surface area (Å²) in [6.07, 6.45) is 2.33. The first-order valence-corrected chi connectivity index (χ1v) is 8.24. The maximum Gasteiger partial charge on any atom is 0.243 e. The Kier molecular flexibility index (Phi) is 4.97. The zero-order chi connectivity index (χ0) is 17.8. The summed E-state index contributed by atoms with van der Waals surface area (Å²) in [4.78, 5) is 23.1. The molecule has 1 aliphatic heterocycles. The smallest absolute Gasteiger partial charge is 0.243 e. The number of furan rings is 1. The molecular formula is C19H19N2O4-.